The summed E-state index contributed by atoms with van der Waals surface area (Å²) >= 11 is 6.05. The van der Waals surface area contributed by atoms with Gasteiger partial charge >= 0.3 is 0 Å². The predicted molar refractivity (Wildman–Crippen MR) is 76.7 cm³/mol. The molecule has 1 saturated carbocycles. The Morgan fingerprint density at radius 3 is 2.63 bits per heavy atom. The lowest BCUT2D eigenvalue weighted by molar-refractivity contribution is 0.0862. The molecule has 1 fully saturated rings. The number of carbonyl (C=O) groups excluding carboxylic acids is 1. The van der Waals surface area contributed by atoms with Gasteiger partial charge in [0.15, 0.2) is 5.78 Å². The first-order chi connectivity index (χ1) is 9.22. The summed E-state index contributed by atoms with van der Waals surface area (Å²) in [5.74, 6) is 0.0333. The Morgan fingerprint density at radius 2 is 2.00 bits per heavy atom. The zero-order chi connectivity index (χ0) is 13.7. The van der Waals surface area contributed by atoms with Crippen molar-refractivity contribution in [1.82, 2.24) is 4.90 Å². The van der Waals surface area contributed by atoms with Crippen LogP contribution in [0.3, 0.4) is 0 Å². The van der Waals surface area contributed by atoms with E-state index in [4.69, 9.17) is 16.7 Å². The number of benzene rings is 1. The molecule has 1 aliphatic carbocycles. The molecule has 0 spiro atoms. The van der Waals surface area contributed by atoms with Crippen LogP contribution in [0.4, 0.5) is 0 Å². The van der Waals surface area contributed by atoms with E-state index in [1.807, 2.05) is 12.1 Å². The maximum atomic E-state index is 12.3. The molecule has 0 amide bonds. The van der Waals surface area contributed by atoms with Crippen LogP contribution in [0.2, 0.25) is 5.02 Å². The normalized spacial score (nSPS) is 16.2. The quantitative estimate of drug-likeness (QED) is 0.815. The van der Waals surface area contributed by atoms with E-state index >= 15 is 0 Å². The lowest BCUT2D eigenvalue weighted by atomic mass is 10.1. The van der Waals surface area contributed by atoms with E-state index in [9.17, 15) is 4.79 Å². The van der Waals surface area contributed by atoms with Gasteiger partial charge in [0, 0.05) is 18.2 Å². The summed E-state index contributed by atoms with van der Waals surface area (Å²) in [6.07, 6.45) is 4.67. The molecule has 0 aromatic heterocycles. The Bertz CT molecular complexity index is 430. The molecular weight excluding hydrogens is 262 g/mol. The molecule has 0 saturated heterocycles. The van der Waals surface area contributed by atoms with E-state index in [0.29, 0.717) is 29.7 Å². The minimum atomic E-state index is 0.0333. The number of nitrogens with zero attached hydrogens (tertiary/aromatic N) is 1. The van der Waals surface area contributed by atoms with Crippen LogP contribution in [0.1, 0.15) is 36.0 Å². The van der Waals surface area contributed by atoms with Gasteiger partial charge in [-0.1, -0.05) is 36.6 Å². The molecule has 1 aromatic carbocycles. The number of aliphatic hydroxyl groups excluding tert-OH is 1. The van der Waals surface area contributed by atoms with Crippen molar-refractivity contribution in [3.05, 3.63) is 34.9 Å². The number of hydrogen-bond donors (Lipinski definition) is 1. The van der Waals surface area contributed by atoms with Gasteiger partial charge in [0.25, 0.3) is 0 Å². The summed E-state index contributed by atoms with van der Waals surface area (Å²) in [6, 6.07) is 7.57. The number of carbonyl (C=O) groups is 1. The molecule has 2 rings (SSSR count). The fourth-order valence-corrected chi connectivity index (χ4v) is 2.99. The van der Waals surface area contributed by atoms with Gasteiger partial charge in [-0.15, -0.1) is 0 Å². The molecular formula is C15H20ClNO2. The van der Waals surface area contributed by atoms with Crippen molar-refractivity contribution in [1.29, 1.82) is 0 Å². The maximum Gasteiger partial charge on any atom is 0.178 e. The van der Waals surface area contributed by atoms with Crippen LogP contribution >= 0.6 is 11.6 Å². The van der Waals surface area contributed by atoms with E-state index in [-0.39, 0.29) is 12.4 Å². The average Bonchev–Trinajstić information content (AvgIpc) is 2.92. The molecule has 0 bridgehead atoms. The van der Waals surface area contributed by atoms with E-state index in [0.717, 1.165) is 12.8 Å². The number of hydrogen-bond acceptors (Lipinski definition) is 3. The summed E-state index contributed by atoms with van der Waals surface area (Å²) in [5.41, 5.74) is 0.574. The van der Waals surface area contributed by atoms with Crippen molar-refractivity contribution in [2.24, 2.45) is 0 Å². The first kappa shape index (κ1) is 14.5. The summed E-state index contributed by atoms with van der Waals surface area (Å²) < 4.78 is 0. The van der Waals surface area contributed by atoms with Gasteiger partial charge in [-0.05, 0) is 25.0 Å². The molecule has 1 aromatic rings. The van der Waals surface area contributed by atoms with Gasteiger partial charge in [-0.3, -0.25) is 9.69 Å². The molecule has 4 heteroatoms. The van der Waals surface area contributed by atoms with Crippen molar-refractivity contribution >= 4 is 17.4 Å². The highest BCUT2D eigenvalue weighted by Gasteiger charge is 2.24. The molecule has 19 heavy (non-hydrogen) atoms. The van der Waals surface area contributed by atoms with Crippen molar-refractivity contribution in [2.45, 2.75) is 31.7 Å². The third kappa shape index (κ3) is 3.78. The largest absolute Gasteiger partial charge is 0.395 e. The number of ketones is 1. The highest BCUT2D eigenvalue weighted by Crippen LogP contribution is 2.24. The minimum Gasteiger partial charge on any atom is -0.395 e. The Kier molecular flexibility index (Phi) is 5.37. The Labute approximate surface area is 119 Å². The van der Waals surface area contributed by atoms with Crippen molar-refractivity contribution < 1.29 is 9.90 Å². The Morgan fingerprint density at radius 1 is 1.32 bits per heavy atom. The Hall–Kier alpha value is -0.900. The van der Waals surface area contributed by atoms with Crippen LogP contribution in [0, 0.1) is 0 Å². The summed E-state index contributed by atoms with van der Waals surface area (Å²) in [7, 11) is 0. The number of Topliss-reactive ketones (excluding diaryl/α,β-unsaturated/α-hetero) is 1. The second-order valence-electron chi connectivity index (χ2n) is 5.04. The van der Waals surface area contributed by atoms with Gasteiger partial charge in [0.2, 0.25) is 0 Å². The molecule has 104 valence electrons. The van der Waals surface area contributed by atoms with Gasteiger partial charge < -0.3 is 5.11 Å². The second kappa shape index (κ2) is 7.04. The first-order valence-corrected chi connectivity index (χ1v) is 7.23. The maximum absolute atomic E-state index is 12.3. The van der Waals surface area contributed by atoms with E-state index in [2.05, 4.69) is 4.90 Å². The third-order valence-electron chi connectivity index (χ3n) is 3.75. The number of rotatable bonds is 6. The van der Waals surface area contributed by atoms with Crippen molar-refractivity contribution in [2.75, 3.05) is 19.7 Å². The second-order valence-corrected chi connectivity index (χ2v) is 5.44. The topological polar surface area (TPSA) is 40.5 Å². The van der Waals surface area contributed by atoms with Gasteiger partial charge in [0.05, 0.1) is 18.2 Å². The van der Waals surface area contributed by atoms with Crippen LogP contribution in [0.5, 0.6) is 0 Å². The standard InChI is InChI=1S/C15H20ClNO2/c16-14-8-4-3-7-13(14)15(19)11-17(9-10-18)12-5-1-2-6-12/h3-4,7-8,12,18H,1-2,5-6,9-11H2. The minimum absolute atomic E-state index is 0.0333. The van der Waals surface area contributed by atoms with Crippen LogP contribution in [-0.4, -0.2) is 41.5 Å². The molecule has 0 atom stereocenters. The molecule has 3 nitrogen and oxygen atoms in total. The van der Waals surface area contributed by atoms with Crippen molar-refractivity contribution in [3.8, 4) is 0 Å². The average molecular weight is 282 g/mol. The summed E-state index contributed by atoms with van der Waals surface area (Å²) in [6.45, 7) is 0.988. The predicted octanol–water partition coefficient (Wildman–Crippen LogP) is 2.76. The molecule has 0 radical (unpaired) electrons. The summed E-state index contributed by atoms with van der Waals surface area (Å²) in [4.78, 5) is 14.4. The van der Waals surface area contributed by atoms with Gasteiger partial charge in [-0.2, -0.15) is 0 Å². The SMILES string of the molecule is O=C(CN(CCO)C1CCCC1)c1ccccc1Cl. The molecule has 0 heterocycles. The third-order valence-corrected chi connectivity index (χ3v) is 4.08. The van der Waals surface area contributed by atoms with E-state index < -0.39 is 0 Å². The van der Waals surface area contributed by atoms with Crippen LogP contribution in [0.25, 0.3) is 0 Å². The summed E-state index contributed by atoms with van der Waals surface area (Å²) in [5, 5.41) is 9.66. The van der Waals surface area contributed by atoms with Gasteiger partial charge in [-0.25, -0.2) is 0 Å². The van der Waals surface area contributed by atoms with E-state index in [1.54, 1.807) is 12.1 Å². The lowest BCUT2D eigenvalue weighted by Crippen LogP contribution is -2.39. The van der Waals surface area contributed by atoms with Crippen LogP contribution < -0.4 is 0 Å². The van der Waals surface area contributed by atoms with E-state index in [1.165, 1.54) is 12.8 Å². The van der Waals surface area contributed by atoms with Crippen molar-refractivity contribution in [3.63, 3.8) is 0 Å². The van der Waals surface area contributed by atoms with Crippen LogP contribution in [0.15, 0.2) is 24.3 Å². The first-order valence-electron chi connectivity index (χ1n) is 6.85. The van der Waals surface area contributed by atoms with Crippen LogP contribution in [-0.2, 0) is 0 Å². The lowest BCUT2D eigenvalue weighted by Gasteiger charge is -2.27. The fraction of sp³-hybridized carbons (Fsp3) is 0.533. The highest BCUT2D eigenvalue weighted by molar-refractivity contribution is 6.34. The molecule has 1 N–H and O–H groups in total. The van der Waals surface area contributed by atoms with Gasteiger partial charge in [0.1, 0.15) is 0 Å². The molecule has 1 aliphatic rings. The molecule has 0 aliphatic heterocycles. The Balaban J connectivity index is 2.04. The highest BCUT2D eigenvalue weighted by atomic mass is 35.5. The fourth-order valence-electron chi connectivity index (χ4n) is 2.75. The zero-order valence-corrected chi connectivity index (χ0v) is 11.8. The molecule has 0 unspecified atom stereocenters. The smallest absolute Gasteiger partial charge is 0.178 e. The zero-order valence-electron chi connectivity index (χ0n) is 11.0. The monoisotopic (exact) mass is 281 g/mol. The number of halogens is 1. The number of aliphatic hydroxyl groups is 1.